The number of alkyl halides is 1. The Morgan fingerprint density at radius 3 is 3.12 bits per heavy atom. The van der Waals surface area contributed by atoms with Gasteiger partial charge in [-0.1, -0.05) is 0 Å². The van der Waals surface area contributed by atoms with E-state index in [1.165, 1.54) is 12.1 Å². The highest BCUT2D eigenvalue weighted by Crippen LogP contribution is 2.20. The number of fused-ring (bicyclic) bond motifs is 1. The van der Waals surface area contributed by atoms with E-state index < -0.39 is 0 Å². The first-order chi connectivity index (χ1) is 8.19. The first kappa shape index (κ1) is 11.7. The summed E-state index contributed by atoms with van der Waals surface area (Å²) in [6.45, 7) is 0.421. The number of phenols is 1. The molecular weight excluding hydrogens is 244 g/mol. The zero-order chi connectivity index (χ0) is 12.3. The summed E-state index contributed by atoms with van der Waals surface area (Å²) in [6, 6.07) is 4.71. The van der Waals surface area contributed by atoms with Crippen molar-refractivity contribution in [1.29, 1.82) is 0 Å². The predicted octanol–water partition coefficient (Wildman–Crippen LogP) is 1.43. The molecule has 0 bridgehead atoms. The van der Waals surface area contributed by atoms with Crippen LogP contribution < -0.4 is 5.32 Å². The summed E-state index contributed by atoms with van der Waals surface area (Å²) in [4.78, 5) is 15.1. The fourth-order valence-electron chi connectivity index (χ4n) is 1.43. The molecule has 2 N–H and O–H groups in total. The van der Waals surface area contributed by atoms with Crippen LogP contribution in [0, 0.1) is 0 Å². The molecule has 0 unspecified atom stereocenters. The van der Waals surface area contributed by atoms with Gasteiger partial charge in [0.15, 0.2) is 11.5 Å². The SMILES string of the molecule is O=C(CCl)NCCc1nc2cc(O)ccc2o1. The predicted molar refractivity (Wildman–Crippen MR) is 63.1 cm³/mol. The lowest BCUT2D eigenvalue weighted by Gasteiger charge is -1.98. The molecule has 1 amide bonds. The van der Waals surface area contributed by atoms with Crippen LogP contribution in [0.5, 0.6) is 5.75 Å². The van der Waals surface area contributed by atoms with E-state index in [1.54, 1.807) is 6.07 Å². The van der Waals surface area contributed by atoms with Crippen LogP contribution in [0.4, 0.5) is 0 Å². The molecule has 1 aromatic carbocycles. The van der Waals surface area contributed by atoms with Gasteiger partial charge in [-0.15, -0.1) is 11.6 Å². The molecule has 0 saturated heterocycles. The third-order valence-corrected chi connectivity index (χ3v) is 2.44. The third kappa shape index (κ3) is 2.88. The summed E-state index contributed by atoms with van der Waals surface area (Å²) in [5, 5.41) is 11.9. The molecule has 2 rings (SSSR count). The Morgan fingerprint density at radius 2 is 2.35 bits per heavy atom. The first-order valence-electron chi connectivity index (χ1n) is 5.10. The van der Waals surface area contributed by atoms with Crippen LogP contribution in [-0.4, -0.2) is 28.4 Å². The number of nitrogens with zero attached hydrogens (tertiary/aromatic N) is 1. The summed E-state index contributed by atoms with van der Waals surface area (Å²) in [5.74, 6) is 0.384. The number of aromatic hydroxyl groups is 1. The molecule has 0 spiro atoms. The number of amides is 1. The van der Waals surface area contributed by atoms with Crippen LogP contribution in [0.25, 0.3) is 11.1 Å². The van der Waals surface area contributed by atoms with Crippen LogP contribution in [0.1, 0.15) is 5.89 Å². The smallest absolute Gasteiger partial charge is 0.234 e. The van der Waals surface area contributed by atoms with Crippen LogP contribution in [0.15, 0.2) is 22.6 Å². The molecular formula is C11H11ClN2O3. The number of halogens is 1. The van der Waals surface area contributed by atoms with Gasteiger partial charge in [-0.05, 0) is 12.1 Å². The molecule has 0 fully saturated rings. The number of benzene rings is 1. The summed E-state index contributed by atoms with van der Waals surface area (Å²) < 4.78 is 5.43. The van der Waals surface area contributed by atoms with Crippen molar-refractivity contribution >= 4 is 28.6 Å². The van der Waals surface area contributed by atoms with Gasteiger partial charge in [-0.3, -0.25) is 4.79 Å². The van der Waals surface area contributed by atoms with Gasteiger partial charge >= 0.3 is 0 Å². The standard InChI is InChI=1S/C11H11ClN2O3/c12-6-10(16)13-4-3-11-14-8-5-7(15)1-2-9(8)17-11/h1-2,5,15H,3-4,6H2,(H,13,16). The van der Waals surface area contributed by atoms with Gasteiger partial charge in [0.05, 0.1) is 0 Å². The van der Waals surface area contributed by atoms with Gasteiger partial charge in [-0.25, -0.2) is 4.98 Å². The Balaban J connectivity index is 2.02. The second-order valence-corrected chi connectivity index (χ2v) is 3.76. The number of aromatic nitrogens is 1. The summed E-state index contributed by atoms with van der Waals surface area (Å²) in [5.41, 5.74) is 1.21. The number of phenolic OH excluding ortho intramolecular Hbond substituents is 1. The summed E-state index contributed by atoms with van der Waals surface area (Å²) in [6.07, 6.45) is 0.484. The Morgan fingerprint density at radius 1 is 1.53 bits per heavy atom. The van der Waals surface area contributed by atoms with Gasteiger partial charge in [0, 0.05) is 19.0 Å². The average molecular weight is 255 g/mol. The van der Waals surface area contributed by atoms with Crippen molar-refractivity contribution in [2.75, 3.05) is 12.4 Å². The number of hydrogen-bond acceptors (Lipinski definition) is 4. The highest BCUT2D eigenvalue weighted by molar-refractivity contribution is 6.27. The molecule has 0 saturated carbocycles. The second kappa shape index (κ2) is 5.05. The zero-order valence-electron chi connectivity index (χ0n) is 8.94. The van der Waals surface area contributed by atoms with Crippen molar-refractivity contribution in [3.05, 3.63) is 24.1 Å². The molecule has 1 heterocycles. The largest absolute Gasteiger partial charge is 0.508 e. The van der Waals surface area contributed by atoms with Crippen molar-refractivity contribution in [2.24, 2.45) is 0 Å². The minimum atomic E-state index is -0.222. The second-order valence-electron chi connectivity index (χ2n) is 3.49. The van der Waals surface area contributed by atoms with Crippen LogP contribution in [-0.2, 0) is 11.2 Å². The van der Waals surface area contributed by atoms with Crippen molar-refractivity contribution in [3.8, 4) is 5.75 Å². The summed E-state index contributed by atoms with van der Waals surface area (Å²) in [7, 11) is 0. The van der Waals surface area contributed by atoms with E-state index in [-0.39, 0.29) is 17.5 Å². The van der Waals surface area contributed by atoms with Crippen LogP contribution in [0.3, 0.4) is 0 Å². The Kier molecular flexibility index (Phi) is 3.49. The fourth-order valence-corrected chi connectivity index (χ4v) is 1.52. The molecule has 6 heteroatoms. The highest BCUT2D eigenvalue weighted by Gasteiger charge is 2.06. The number of carbonyl (C=O) groups excluding carboxylic acids is 1. The molecule has 90 valence electrons. The first-order valence-corrected chi connectivity index (χ1v) is 5.63. The Labute approximate surface area is 102 Å². The number of nitrogens with one attached hydrogen (secondary N) is 1. The Hall–Kier alpha value is -1.75. The molecule has 0 atom stereocenters. The molecule has 17 heavy (non-hydrogen) atoms. The number of rotatable bonds is 4. The lowest BCUT2D eigenvalue weighted by molar-refractivity contribution is -0.118. The topological polar surface area (TPSA) is 75.4 Å². The fraction of sp³-hybridized carbons (Fsp3) is 0.273. The third-order valence-electron chi connectivity index (χ3n) is 2.20. The van der Waals surface area contributed by atoms with E-state index in [9.17, 15) is 9.90 Å². The van der Waals surface area contributed by atoms with Crippen molar-refractivity contribution in [2.45, 2.75) is 6.42 Å². The van der Waals surface area contributed by atoms with E-state index in [1.807, 2.05) is 0 Å². The Bertz CT molecular complexity index is 538. The number of carbonyl (C=O) groups is 1. The van der Waals surface area contributed by atoms with E-state index in [0.29, 0.717) is 30.0 Å². The maximum atomic E-state index is 10.9. The maximum absolute atomic E-state index is 10.9. The van der Waals surface area contributed by atoms with E-state index in [2.05, 4.69) is 10.3 Å². The van der Waals surface area contributed by atoms with Crippen molar-refractivity contribution in [3.63, 3.8) is 0 Å². The van der Waals surface area contributed by atoms with Crippen LogP contribution >= 0.6 is 11.6 Å². The van der Waals surface area contributed by atoms with E-state index in [4.69, 9.17) is 16.0 Å². The highest BCUT2D eigenvalue weighted by atomic mass is 35.5. The van der Waals surface area contributed by atoms with Gasteiger partial charge < -0.3 is 14.8 Å². The van der Waals surface area contributed by atoms with E-state index >= 15 is 0 Å². The minimum Gasteiger partial charge on any atom is -0.508 e. The molecule has 1 aromatic heterocycles. The van der Waals surface area contributed by atoms with E-state index in [0.717, 1.165) is 0 Å². The van der Waals surface area contributed by atoms with Gasteiger partial charge in [0.25, 0.3) is 0 Å². The van der Waals surface area contributed by atoms with Gasteiger partial charge in [0.2, 0.25) is 5.91 Å². The molecule has 5 nitrogen and oxygen atoms in total. The zero-order valence-corrected chi connectivity index (χ0v) is 9.70. The molecule has 0 aliphatic heterocycles. The minimum absolute atomic E-state index is 0.0541. The lowest BCUT2D eigenvalue weighted by Crippen LogP contribution is -2.26. The van der Waals surface area contributed by atoms with Crippen molar-refractivity contribution in [1.82, 2.24) is 10.3 Å². The molecule has 0 radical (unpaired) electrons. The summed E-state index contributed by atoms with van der Waals surface area (Å²) >= 11 is 5.34. The molecule has 2 aromatic rings. The molecule has 0 aliphatic carbocycles. The van der Waals surface area contributed by atoms with Crippen molar-refractivity contribution < 1.29 is 14.3 Å². The average Bonchev–Trinajstić information content (AvgIpc) is 2.70. The normalized spacial score (nSPS) is 10.6. The molecule has 0 aliphatic rings. The maximum Gasteiger partial charge on any atom is 0.234 e. The van der Waals surface area contributed by atoms with Crippen LogP contribution in [0.2, 0.25) is 0 Å². The van der Waals surface area contributed by atoms with Gasteiger partial charge in [0.1, 0.15) is 17.1 Å². The quantitative estimate of drug-likeness (QED) is 0.810. The monoisotopic (exact) mass is 254 g/mol. The lowest BCUT2D eigenvalue weighted by atomic mass is 10.3. The number of oxazole rings is 1. The number of hydrogen-bond donors (Lipinski definition) is 2. The van der Waals surface area contributed by atoms with Gasteiger partial charge in [-0.2, -0.15) is 0 Å².